The van der Waals surface area contributed by atoms with Gasteiger partial charge in [0.25, 0.3) is 0 Å². The van der Waals surface area contributed by atoms with Gasteiger partial charge in [-0.05, 0) is 0 Å². The molecule has 0 rings (SSSR count). The fourth-order valence-electron chi connectivity index (χ4n) is 2.86. The van der Waals surface area contributed by atoms with E-state index in [2.05, 4.69) is 39.6 Å². The van der Waals surface area contributed by atoms with E-state index in [1.807, 2.05) is 0 Å². The summed E-state index contributed by atoms with van der Waals surface area (Å²) in [4.78, 5) is 2.75. The van der Waals surface area contributed by atoms with E-state index in [0.717, 1.165) is 0 Å². The second-order valence-electron chi connectivity index (χ2n) is 6.40. The molecule has 0 heterocycles. The van der Waals surface area contributed by atoms with Crippen LogP contribution in [0.4, 0.5) is 0 Å². The summed E-state index contributed by atoms with van der Waals surface area (Å²) < 4.78 is 3.96. The Balaban J connectivity index is 4.60. The molecule has 0 N–H and O–H groups in total. The van der Waals surface area contributed by atoms with Crippen LogP contribution < -0.4 is 0 Å². The average Bonchev–Trinajstić information content (AvgIpc) is 2.23. The Labute approximate surface area is 108 Å². The van der Waals surface area contributed by atoms with E-state index in [4.69, 9.17) is 0 Å². The van der Waals surface area contributed by atoms with Crippen LogP contribution in [0.15, 0.2) is 0 Å². The summed E-state index contributed by atoms with van der Waals surface area (Å²) in [6.45, 7) is 12.2. The van der Waals surface area contributed by atoms with Gasteiger partial charge >= 0.3 is 109 Å². The molecule has 0 saturated carbocycles. The van der Waals surface area contributed by atoms with E-state index in [-0.39, 0.29) is 0 Å². The first-order valence-electron chi connectivity index (χ1n) is 7.43. The number of hydrogen-bond donors (Lipinski definition) is 0. The van der Waals surface area contributed by atoms with E-state index in [9.17, 15) is 0 Å². The van der Waals surface area contributed by atoms with Gasteiger partial charge < -0.3 is 0 Å². The van der Waals surface area contributed by atoms with Crippen molar-refractivity contribution in [3.63, 3.8) is 0 Å². The second kappa shape index (κ2) is 8.00. The summed E-state index contributed by atoms with van der Waals surface area (Å²) >= 11 is -1.85. The first-order valence-corrected chi connectivity index (χ1v) is 15.7. The van der Waals surface area contributed by atoms with Crippen molar-refractivity contribution in [2.24, 2.45) is 0 Å². The minimum absolute atomic E-state index is 0.716. The molecule has 0 aromatic carbocycles. The van der Waals surface area contributed by atoms with E-state index < -0.39 is 18.4 Å². The van der Waals surface area contributed by atoms with Crippen molar-refractivity contribution in [2.75, 3.05) is 0 Å². The monoisotopic (exact) mass is 334 g/mol. The van der Waals surface area contributed by atoms with Gasteiger partial charge in [-0.1, -0.05) is 0 Å². The van der Waals surface area contributed by atoms with Crippen molar-refractivity contribution in [2.45, 2.75) is 90.4 Å². The molecule has 0 atom stereocenters. The standard InChI is InChI=1S/C6H13.2C4H9.CH3.Sn/c1-4-5-6(2)3;2*1-3-4-2;;/h4-5H2,1-3H3;2*1,3-4H2,2H3;1H3;. The quantitative estimate of drug-likeness (QED) is 0.438. The minimum atomic E-state index is -1.85. The zero-order valence-electron chi connectivity index (χ0n) is 12.7. The third-order valence-corrected chi connectivity index (χ3v) is 23.0. The molecule has 0 aliphatic rings. The number of unbranched alkanes of at least 4 members (excludes halogenated alkanes) is 2. The molecule has 0 aromatic heterocycles. The Morgan fingerprint density at radius 2 is 1.25 bits per heavy atom. The van der Waals surface area contributed by atoms with E-state index in [1.165, 1.54) is 38.5 Å². The van der Waals surface area contributed by atoms with Gasteiger partial charge in [0.1, 0.15) is 0 Å². The van der Waals surface area contributed by atoms with Gasteiger partial charge in [0.05, 0.1) is 0 Å². The predicted octanol–water partition coefficient (Wildman–Crippen LogP) is 6.25. The van der Waals surface area contributed by atoms with Crippen molar-refractivity contribution in [1.82, 2.24) is 0 Å². The topological polar surface area (TPSA) is 0 Å². The van der Waals surface area contributed by atoms with Crippen LogP contribution >= 0.6 is 0 Å². The maximum atomic E-state index is 2.75. The van der Waals surface area contributed by atoms with Crippen molar-refractivity contribution < 1.29 is 0 Å². The SMILES string of the molecule is CCC[CH2][Sn]([CH3])([CH2]CCC)[C](C)(C)CCC. The van der Waals surface area contributed by atoms with Crippen LogP contribution in [-0.2, 0) is 0 Å². The molecule has 98 valence electrons. The van der Waals surface area contributed by atoms with Crippen molar-refractivity contribution in [3.8, 4) is 0 Å². The first-order chi connectivity index (χ1) is 7.43. The summed E-state index contributed by atoms with van der Waals surface area (Å²) in [7, 11) is 0. The Bertz CT molecular complexity index is 164. The third-order valence-electron chi connectivity index (χ3n) is 4.67. The molecule has 16 heavy (non-hydrogen) atoms. The van der Waals surface area contributed by atoms with Crippen molar-refractivity contribution in [1.29, 1.82) is 0 Å². The van der Waals surface area contributed by atoms with Crippen LogP contribution in [0.2, 0.25) is 17.2 Å². The molecule has 0 aliphatic carbocycles. The van der Waals surface area contributed by atoms with Gasteiger partial charge in [0, 0.05) is 0 Å². The Morgan fingerprint density at radius 3 is 1.56 bits per heavy atom. The van der Waals surface area contributed by atoms with Gasteiger partial charge in [0.2, 0.25) is 0 Å². The molecule has 0 fully saturated rings. The van der Waals surface area contributed by atoms with E-state index in [0.29, 0.717) is 3.43 Å². The molecule has 0 aliphatic heterocycles. The molecule has 0 unspecified atom stereocenters. The van der Waals surface area contributed by atoms with E-state index >= 15 is 0 Å². The molecule has 0 saturated heterocycles. The van der Waals surface area contributed by atoms with Crippen LogP contribution in [0.3, 0.4) is 0 Å². The van der Waals surface area contributed by atoms with Crippen LogP contribution in [-0.4, -0.2) is 18.4 Å². The summed E-state index contributed by atoms with van der Waals surface area (Å²) in [6, 6.07) is 0. The van der Waals surface area contributed by atoms with Crippen LogP contribution in [0, 0.1) is 0 Å². The molecule has 0 spiro atoms. The molecule has 0 bridgehead atoms. The maximum absolute atomic E-state index is 2.75. The molecule has 1 heteroatoms. The van der Waals surface area contributed by atoms with Crippen molar-refractivity contribution >= 4 is 18.4 Å². The average molecular weight is 333 g/mol. The van der Waals surface area contributed by atoms with Crippen LogP contribution in [0.1, 0.15) is 73.1 Å². The van der Waals surface area contributed by atoms with Crippen LogP contribution in [0.25, 0.3) is 0 Å². The number of hydrogen-bond acceptors (Lipinski definition) is 0. The van der Waals surface area contributed by atoms with Crippen LogP contribution in [0.5, 0.6) is 0 Å². The van der Waals surface area contributed by atoms with Gasteiger partial charge in [-0.2, -0.15) is 0 Å². The van der Waals surface area contributed by atoms with Gasteiger partial charge in [0.15, 0.2) is 0 Å². The van der Waals surface area contributed by atoms with Gasteiger partial charge in [-0.15, -0.1) is 0 Å². The Hall–Kier alpha value is 0.799. The zero-order chi connectivity index (χ0) is 12.7. The first kappa shape index (κ1) is 16.8. The normalized spacial score (nSPS) is 13.1. The molecular weight excluding hydrogens is 299 g/mol. The van der Waals surface area contributed by atoms with Gasteiger partial charge in [-0.25, -0.2) is 0 Å². The van der Waals surface area contributed by atoms with Gasteiger partial charge in [-0.3, -0.25) is 0 Å². The predicted molar refractivity (Wildman–Crippen MR) is 80.0 cm³/mol. The fourth-order valence-corrected chi connectivity index (χ4v) is 16.3. The van der Waals surface area contributed by atoms with E-state index in [1.54, 1.807) is 8.87 Å². The molecule has 0 nitrogen and oxygen atoms in total. The zero-order valence-corrected chi connectivity index (χ0v) is 15.5. The molecule has 0 amide bonds. The third kappa shape index (κ3) is 4.98. The fraction of sp³-hybridized carbons (Fsp3) is 1.00. The molecule has 0 aromatic rings. The second-order valence-corrected chi connectivity index (χ2v) is 22.0. The summed E-state index contributed by atoms with van der Waals surface area (Å²) in [5.74, 6) is 0. The summed E-state index contributed by atoms with van der Waals surface area (Å²) in [5, 5.41) is 0. The number of rotatable bonds is 9. The summed E-state index contributed by atoms with van der Waals surface area (Å²) in [6.07, 6.45) is 8.60. The Morgan fingerprint density at radius 1 is 0.812 bits per heavy atom. The Kier molecular flexibility index (Phi) is 8.40. The molecular formula is C15H34Sn. The summed E-state index contributed by atoms with van der Waals surface area (Å²) in [5.41, 5.74) is 0. The molecule has 0 radical (unpaired) electrons. The van der Waals surface area contributed by atoms with Crippen molar-refractivity contribution in [3.05, 3.63) is 0 Å².